The van der Waals surface area contributed by atoms with Crippen LogP contribution < -0.4 is 11.1 Å². The van der Waals surface area contributed by atoms with E-state index in [9.17, 15) is 0 Å². The van der Waals surface area contributed by atoms with Gasteiger partial charge in [-0.3, -0.25) is 0 Å². The lowest BCUT2D eigenvalue weighted by molar-refractivity contribution is 0.1000. The third-order valence-corrected chi connectivity index (χ3v) is 3.69. The van der Waals surface area contributed by atoms with Crippen molar-refractivity contribution in [1.82, 2.24) is 9.97 Å². The SMILES string of the molecule is CNc1cc(SC2CCOCC2)nc(N)n1. The van der Waals surface area contributed by atoms with Gasteiger partial charge >= 0.3 is 0 Å². The first-order valence-electron chi connectivity index (χ1n) is 5.34. The van der Waals surface area contributed by atoms with Crippen molar-refractivity contribution in [3.63, 3.8) is 0 Å². The van der Waals surface area contributed by atoms with Crippen LogP contribution in [0.4, 0.5) is 11.8 Å². The van der Waals surface area contributed by atoms with Crippen LogP contribution in [-0.2, 0) is 4.74 Å². The third kappa shape index (κ3) is 2.99. The van der Waals surface area contributed by atoms with Crippen molar-refractivity contribution in [2.45, 2.75) is 23.1 Å². The number of aromatic nitrogens is 2. The maximum absolute atomic E-state index is 5.64. The zero-order valence-corrected chi connectivity index (χ0v) is 10.1. The molecule has 3 N–H and O–H groups in total. The van der Waals surface area contributed by atoms with E-state index >= 15 is 0 Å². The number of hydrogen-bond donors (Lipinski definition) is 2. The van der Waals surface area contributed by atoms with Crippen molar-refractivity contribution in [3.8, 4) is 0 Å². The Morgan fingerprint density at radius 2 is 2.19 bits per heavy atom. The minimum Gasteiger partial charge on any atom is -0.381 e. The fourth-order valence-electron chi connectivity index (χ4n) is 1.60. The molecule has 88 valence electrons. The molecule has 0 aromatic carbocycles. The second kappa shape index (κ2) is 5.36. The highest BCUT2D eigenvalue weighted by molar-refractivity contribution is 7.99. The first-order valence-corrected chi connectivity index (χ1v) is 6.22. The molecule has 1 fully saturated rings. The average Bonchev–Trinajstić information content (AvgIpc) is 2.29. The van der Waals surface area contributed by atoms with E-state index in [0.29, 0.717) is 11.2 Å². The molecule has 1 aliphatic heterocycles. The minimum absolute atomic E-state index is 0.321. The Labute approximate surface area is 99.2 Å². The van der Waals surface area contributed by atoms with Gasteiger partial charge in [-0.15, -0.1) is 11.8 Å². The predicted molar refractivity (Wildman–Crippen MR) is 65.7 cm³/mol. The standard InChI is InChI=1S/C10H16N4OS/c1-12-8-6-9(14-10(11)13-8)16-7-2-4-15-5-3-7/h6-7H,2-5H2,1H3,(H3,11,12,13,14). The van der Waals surface area contributed by atoms with Gasteiger partial charge in [0.15, 0.2) is 0 Å². The van der Waals surface area contributed by atoms with Gasteiger partial charge in [0.05, 0.1) is 0 Å². The lowest BCUT2D eigenvalue weighted by atomic mass is 10.2. The lowest BCUT2D eigenvalue weighted by Crippen LogP contribution is -2.17. The highest BCUT2D eigenvalue weighted by atomic mass is 32.2. The number of nitrogens with zero attached hydrogens (tertiary/aromatic N) is 2. The molecule has 1 aromatic heterocycles. The Hall–Kier alpha value is -1.01. The van der Waals surface area contributed by atoms with Crippen molar-refractivity contribution in [2.24, 2.45) is 0 Å². The number of ether oxygens (including phenoxy) is 1. The number of nitrogen functional groups attached to an aromatic ring is 1. The van der Waals surface area contributed by atoms with E-state index in [1.807, 2.05) is 13.1 Å². The molecule has 6 heteroatoms. The number of nitrogens with two attached hydrogens (primary N) is 1. The van der Waals surface area contributed by atoms with Crippen LogP contribution >= 0.6 is 11.8 Å². The van der Waals surface area contributed by atoms with Crippen molar-refractivity contribution in [1.29, 1.82) is 0 Å². The average molecular weight is 240 g/mol. The largest absolute Gasteiger partial charge is 0.381 e. The number of anilines is 2. The summed E-state index contributed by atoms with van der Waals surface area (Å²) in [4.78, 5) is 8.29. The van der Waals surface area contributed by atoms with Gasteiger partial charge in [0, 0.05) is 31.6 Å². The van der Waals surface area contributed by atoms with E-state index in [-0.39, 0.29) is 0 Å². The van der Waals surface area contributed by atoms with Gasteiger partial charge in [0.25, 0.3) is 0 Å². The molecule has 0 radical (unpaired) electrons. The molecule has 0 amide bonds. The predicted octanol–water partition coefficient (Wildman–Crippen LogP) is 1.37. The van der Waals surface area contributed by atoms with E-state index in [2.05, 4.69) is 15.3 Å². The second-order valence-corrected chi connectivity index (χ2v) is 4.95. The van der Waals surface area contributed by atoms with Gasteiger partial charge in [0.1, 0.15) is 10.8 Å². The molecule has 0 bridgehead atoms. The molecular formula is C10H16N4OS. The van der Waals surface area contributed by atoms with Crippen LogP contribution in [0.1, 0.15) is 12.8 Å². The fourth-order valence-corrected chi connectivity index (χ4v) is 2.69. The topological polar surface area (TPSA) is 73.1 Å². The Morgan fingerprint density at radius 3 is 2.88 bits per heavy atom. The summed E-state index contributed by atoms with van der Waals surface area (Å²) in [5.41, 5.74) is 5.64. The molecule has 0 atom stereocenters. The molecule has 1 saturated heterocycles. The summed E-state index contributed by atoms with van der Waals surface area (Å²) in [6.45, 7) is 1.69. The molecule has 5 nitrogen and oxygen atoms in total. The maximum Gasteiger partial charge on any atom is 0.223 e. The van der Waals surface area contributed by atoms with Gasteiger partial charge in [-0.05, 0) is 12.8 Å². The summed E-state index contributed by atoms with van der Waals surface area (Å²) >= 11 is 1.76. The Balaban J connectivity index is 2.04. The molecule has 2 heterocycles. The summed E-state index contributed by atoms with van der Waals surface area (Å²) in [7, 11) is 1.82. The van der Waals surface area contributed by atoms with E-state index < -0.39 is 0 Å². The van der Waals surface area contributed by atoms with Crippen LogP contribution in [-0.4, -0.2) is 35.5 Å². The molecule has 2 rings (SSSR count). The smallest absolute Gasteiger partial charge is 0.223 e. The molecule has 0 aliphatic carbocycles. The number of thioether (sulfide) groups is 1. The number of hydrogen-bond acceptors (Lipinski definition) is 6. The molecule has 0 spiro atoms. The summed E-state index contributed by atoms with van der Waals surface area (Å²) in [6.07, 6.45) is 2.15. The third-order valence-electron chi connectivity index (χ3n) is 2.43. The van der Waals surface area contributed by atoms with Crippen molar-refractivity contribution < 1.29 is 4.74 Å². The Kier molecular flexibility index (Phi) is 3.84. The Bertz CT molecular complexity index is 355. The van der Waals surface area contributed by atoms with Gasteiger partial charge in [-0.25, -0.2) is 4.98 Å². The lowest BCUT2D eigenvalue weighted by Gasteiger charge is -2.21. The Morgan fingerprint density at radius 1 is 1.44 bits per heavy atom. The van der Waals surface area contributed by atoms with Gasteiger partial charge in [-0.1, -0.05) is 0 Å². The van der Waals surface area contributed by atoms with Gasteiger partial charge in [-0.2, -0.15) is 4.98 Å². The normalized spacial score (nSPS) is 17.3. The molecule has 0 saturated carbocycles. The van der Waals surface area contributed by atoms with Gasteiger partial charge < -0.3 is 15.8 Å². The van der Waals surface area contributed by atoms with Crippen LogP contribution in [0.2, 0.25) is 0 Å². The highest BCUT2D eigenvalue weighted by Crippen LogP contribution is 2.29. The number of nitrogens with one attached hydrogen (secondary N) is 1. The molecule has 0 unspecified atom stereocenters. The second-order valence-electron chi connectivity index (χ2n) is 3.63. The molecule has 1 aromatic rings. The zero-order valence-electron chi connectivity index (χ0n) is 9.27. The summed E-state index contributed by atoms with van der Waals surface area (Å²) in [5.74, 6) is 1.09. The van der Waals surface area contributed by atoms with Crippen molar-refractivity contribution in [3.05, 3.63) is 6.07 Å². The van der Waals surface area contributed by atoms with E-state index in [0.717, 1.165) is 36.9 Å². The van der Waals surface area contributed by atoms with Crippen LogP contribution in [0.3, 0.4) is 0 Å². The van der Waals surface area contributed by atoms with Gasteiger partial charge in [0.2, 0.25) is 5.95 Å². The minimum atomic E-state index is 0.321. The van der Waals surface area contributed by atoms with E-state index in [1.165, 1.54) is 0 Å². The first-order chi connectivity index (χ1) is 7.78. The van der Waals surface area contributed by atoms with Crippen LogP contribution in [0.5, 0.6) is 0 Å². The van der Waals surface area contributed by atoms with Crippen LogP contribution in [0.25, 0.3) is 0 Å². The summed E-state index contributed by atoms with van der Waals surface area (Å²) in [5, 5.41) is 4.49. The van der Waals surface area contributed by atoms with Crippen molar-refractivity contribution in [2.75, 3.05) is 31.3 Å². The van der Waals surface area contributed by atoms with Crippen LogP contribution in [0.15, 0.2) is 11.1 Å². The summed E-state index contributed by atoms with van der Waals surface area (Å²) in [6, 6.07) is 1.93. The molecular weight excluding hydrogens is 224 g/mol. The summed E-state index contributed by atoms with van der Waals surface area (Å²) < 4.78 is 5.32. The quantitative estimate of drug-likeness (QED) is 0.777. The molecule has 1 aliphatic rings. The van der Waals surface area contributed by atoms with Crippen LogP contribution in [0, 0.1) is 0 Å². The molecule has 16 heavy (non-hydrogen) atoms. The number of rotatable bonds is 3. The highest BCUT2D eigenvalue weighted by Gasteiger charge is 2.16. The first kappa shape index (κ1) is 11.5. The fraction of sp³-hybridized carbons (Fsp3) is 0.600. The van der Waals surface area contributed by atoms with Crippen molar-refractivity contribution >= 4 is 23.5 Å². The van der Waals surface area contributed by atoms with E-state index in [1.54, 1.807) is 11.8 Å². The zero-order chi connectivity index (χ0) is 11.4. The monoisotopic (exact) mass is 240 g/mol. The maximum atomic E-state index is 5.64. The van der Waals surface area contributed by atoms with E-state index in [4.69, 9.17) is 10.5 Å².